The molecule has 4 heteroatoms. The van der Waals surface area contributed by atoms with Crippen LogP contribution in [0.15, 0.2) is 12.2 Å². The van der Waals surface area contributed by atoms with Gasteiger partial charge in [0.2, 0.25) is 0 Å². The van der Waals surface area contributed by atoms with Gasteiger partial charge in [-0.2, -0.15) is 0 Å². The molecule has 0 heterocycles. The number of carbonyl (C=O) groups excluding carboxylic acids is 1. The van der Waals surface area contributed by atoms with Gasteiger partial charge in [0.1, 0.15) is 0 Å². The number of halogens is 1. The minimum atomic E-state index is -0.254. The van der Waals surface area contributed by atoms with Gasteiger partial charge >= 0.3 is 5.97 Å². The van der Waals surface area contributed by atoms with Crippen molar-refractivity contribution in [3.63, 3.8) is 0 Å². The summed E-state index contributed by atoms with van der Waals surface area (Å²) >= 11 is 0. The number of hydrogen-bond acceptors (Lipinski definition) is 2. The van der Waals surface area contributed by atoms with Gasteiger partial charge in [-0.15, -0.1) is 0 Å². The highest BCUT2D eigenvalue weighted by atomic mass is 79.9. The van der Waals surface area contributed by atoms with Crippen LogP contribution in [0.3, 0.4) is 0 Å². The summed E-state index contributed by atoms with van der Waals surface area (Å²) in [6.45, 7) is 14.5. The zero-order chi connectivity index (χ0) is 20.2. The highest BCUT2D eigenvalue weighted by molar-refractivity contribution is 5.86. The molecule has 0 aromatic rings. The maximum Gasteiger partial charge on any atom is 0.333 e. The zero-order valence-electron chi connectivity index (χ0n) is 19.1. The van der Waals surface area contributed by atoms with Crippen LogP contribution in [0.1, 0.15) is 111 Å². The Morgan fingerprint density at radius 3 is 1.50 bits per heavy atom. The largest absolute Gasteiger partial charge is 1.00 e. The number of esters is 1. The highest BCUT2D eigenvalue weighted by Crippen LogP contribution is 2.12. The van der Waals surface area contributed by atoms with E-state index in [1.165, 1.54) is 103 Å². The standard InChI is InChI=1S/C24H47NO2.BrH/c1-5-19-25(20-6-2)21-17-15-13-11-9-7-8-10-12-14-16-18-22-27-24(26)23(3)4;/h3,5-22H2,1-2,4H3;1H. The van der Waals surface area contributed by atoms with E-state index in [4.69, 9.17) is 4.74 Å². The molecule has 0 aliphatic rings. The molecule has 0 saturated carbocycles. The van der Waals surface area contributed by atoms with Gasteiger partial charge < -0.3 is 26.6 Å². The first kappa shape index (κ1) is 29.8. The lowest BCUT2D eigenvalue weighted by Crippen LogP contribution is -3.12. The molecule has 28 heavy (non-hydrogen) atoms. The zero-order valence-corrected chi connectivity index (χ0v) is 20.7. The minimum absolute atomic E-state index is 0. The Balaban J connectivity index is 0. The predicted molar refractivity (Wildman–Crippen MR) is 117 cm³/mol. The lowest BCUT2D eigenvalue weighted by molar-refractivity contribution is -0.900. The highest BCUT2D eigenvalue weighted by Gasteiger charge is 2.05. The van der Waals surface area contributed by atoms with Crippen molar-refractivity contribution in [2.24, 2.45) is 0 Å². The number of ether oxygens (including phenoxy) is 1. The third-order valence-electron chi connectivity index (χ3n) is 5.21. The first-order chi connectivity index (χ1) is 13.1. The number of unbranched alkanes of at least 4 members (excludes halogenated alkanes) is 11. The smallest absolute Gasteiger partial charge is 0.333 e. The number of carbonyl (C=O) groups is 1. The number of rotatable bonds is 20. The van der Waals surface area contributed by atoms with Crippen LogP contribution in [0.5, 0.6) is 0 Å². The van der Waals surface area contributed by atoms with E-state index in [9.17, 15) is 4.79 Å². The number of quaternary nitrogens is 1. The van der Waals surface area contributed by atoms with Crippen LogP contribution in [-0.2, 0) is 9.53 Å². The van der Waals surface area contributed by atoms with E-state index >= 15 is 0 Å². The predicted octanol–water partition coefficient (Wildman–Crippen LogP) is 2.50. The topological polar surface area (TPSA) is 30.7 Å². The summed E-state index contributed by atoms with van der Waals surface area (Å²) in [6, 6.07) is 0. The molecule has 1 N–H and O–H groups in total. The van der Waals surface area contributed by atoms with Crippen molar-refractivity contribution in [1.29, 1.82) is 0 Å². The normalized spacial score (nSPS) is 10.7. The SMILES string of the molecule is C=C(C)C(=O)OCCCCCCCCCCCCCC[NH+](CCC)CCC.[Br-]. The number of hydrogen-bond donors (Lipinski definition) is 1. The maximum atomic E-state index is 11.2. The third kappa shape index (κ3) is 20.4. The second kappa shape index (κ2) is 22.9. The van der Waals surface area contributed by atoms with E-state index < -0.39 is 0 Å². The maximum absolute atomic E-state index is 11.2. The minimum Gasteiger partial charge on any atom is -1.00 e. The Morgan fingerprint density at radius 1 is 0.714 bits per heavy atom. The molecule has 0 unspecified atom stereocenters. The van der Waals surface area contributed by atoms with Crippen LogP contribution >= 0.6 is 0 Å². The Kier molecular flexibility index (Phi) is 24.4. The van der Waals surface area contributed by atoms with Gasteiger partial charge in [0.25, 0.3) is 0 Å². The van der Waals surface area contributed by atoms with E-state index in [-0.39, 0.29) is 23.0 Å². The van der Waals surface area contributed by atoms with Crippen LogP contribution in [0.2, 0.25) is 0 Å². The van der Waals surface area contributed by atoms with E-state index in [1.807, 2.05) is 4.90 Å². The monoisotopic (exact) mass is 461 g/mol. The van der Waals surface area contributed by atoms with Crippen molar-refractivity contribution in [1.82, 2.24) is 0 Å². The second-order valence-electron chi connectivity index (χ2n) is 8.16. The van der Waals surface area contributed by atoms with Crippen molar-refractivity contribution in [2.75, 3.05) is 26.2 Å². The quantitative estimate of drug-likeness (QED) is 0.171. The molecular weight excluding hydrogens is 414 g/mol. The third-order valence-corrected chi connectivity index (χ3v) is 5.21. The van der Waals surface area contributed by atoms with E-state index in [1.54, 1.807) is 6.92 Å². The van der Waals surface area contributed by atoms with E-state index in [2.05, 4.69) is 20.4 Å². The van der Waals surface area contributed by atoms with Gasteiger partial charge in [-0.1, -0.05) is 78.2 Å². The van der Waals surface area contributed by atoms with Crippen molar-refractivity contribution < 1.29 is 31.4 Å². The van der Waals surface area contributed by atoms with Crippen LogP contribution < -0.4 is 21.9 Å². The summed E-state index contributed by atoms with van der Waals surface area (Å²) in [5.74, 6) is -0.254. The fourth-order valence-electron chi connectivity index (χ4n) is 3.62. The van der Waals surface area contributed by atoms with Crippen LogP contribution in [0.25, 0.3) is 0 Å². The summed E-state index contributed by atoms with van der Waals surface area (Å²) < 4.78 is 5.10. The van der Waals surface area contributed by atoms with Gasteiger partial charge in [-0.25, -0.2) is 4.79 Å². The first-order valence-electron chi connectivity index (χ1n) is 11.8. The van der Waals surface area contributed by atoms with E-state index in [0.29, 0.717) is 12.2 Å². The Hall–Kier alpha value is -0.350. The molecule has 0 aromatic carbocycles. The molecule has 0 atom stereocenters. The fourth-order valence-corrected chi connectivity index (χ4v) is 3.62. The van der Waals surface area contributed by atoms with E-state index in [0.717, 1.165) is 6.42 Å². The molecule has 168 valence electrons. The molecule has 0 amide bonds. The summed E-state index contributed by atoms with van der Waals surface area (Å²) in [6.07, 6.45) is 18.6. The lowest BCUT2D eigenvalue weighted by atomic mass is 10.1. The van der Waals surface area contributed by atoms with Crippen LogP contribution in [0, 0.1) is 0 Å². The Bertz CT molecular complexity index is 355. The summed E-state index contributed by atoms with van der Waals surface area (Å²) in [5, 5.41) is 0. The molecular formula is C24H48BrNO2. The van der Waals surface area contributed by atoms with Crippen molar-refractivity contribution >= 4 is 5.97 Å². The molecule has 0 radical (unpaired) electrons. The van der Waals surface area contributed by atoms with Gasteiger partial charge in [0.05, 0.1) is 26.2 Å². The molecule has 0 bridgehead atoms. The Morgan fingerprint density at radius 2 is 1.11 bits per heavy atom. The lowest BCUT2D eigenvalue weighted by Gasteiger charge is -2.17. The van der Waals surface area contributed by atoms with Crippen LogP contribution in [0.4, 0.5) is 0 Å². The molecule has 0 aliphatic heterocycles. The second-order valence-corrected chi connectivity index (χ2v) is 8.16. The van der Waals surface area contributed by atoms with Gasteiger partial charge in [0, 0.05) is 5.57 Å². The average Bonchev–Trinajstić information content (AvgIpc) is 2.64. The van der Waals surface area contributed by atoms with Gasteiger partial charge in [-0.05, 0) is 39.0 Å². The summed E-state index contributed by atoms with van der Waals surface area (Å²) in [5.41, 5.74) is 0.492. The first-order valence-corrected chi connectivity index (χ1v) is 11.8. The molecule has 0 fully saturated rings. The molecule has 0 aliphatic carbocycles. The molecule has 3 nitrogen and oxygen atoms in total. The molecule has 0 aromatic heterocycles. The van der Waals surface area contributed by atoms with Gasteiger partial charge in [0.15, 0.2) is 0 Å². The van der Waals surface area contributed by atoms with Gasteiger partial charge in [-0.3, -0.25) is 0 Å². The molecule has 0 rings (SSSR count). The Labute approximate surface area is 186 Å². The molecule has 0 spiro atoms. The summed E-state index contributed by atoms with van der Waals surface area (Å²) in [7, 11) is 0. The molecule has 0 saturated heterocycles. The number of nitrogens with one attached hydrogen (secondary N) is 1. The van der Waals surface area contributed by atoms with Crippen molar-refractivity contribution in [3.05, 3.63) is 12.2 Å². The van der Waals surface area contributed by atoms with Crippen LogP contribution in [-0.4, -0.2) is 32.2 Å². The average molecular weight is 463 g/mol. The van der Waals surface area contributed by atoms with Crippen molar-refractivity contribution in [3.8, 4) is 0 Å². The fraction of sp³-hybridized carbons (Fsp3) is 0.875. The van der Waals surface area contributed by atoms with Crippen molar-refractivity contribution in [2.45, 2.75) is 111 Å². The summed E-state index contributed by atoms with van der Waals surface area (Å²) in [4.78, 5) is 13.0.